The summed E-state index contributed by atoms with van der Waals surface area (Å²) in [4.78, 5) is 10.4. The topological polar surface area (TPSA) is 46.5 Å². The molecule has 1 rings (SSSR count). The van der Waals surface area contributed by atoms with Crippen LogP contribution < -0.4 is 4.74 Å². The fraction of sp³-hybridized carbons (Fsp3) is 0.125. The molecule has 0 unspecified atom stereocenters. The molecule has 0 aliphatic carbocycles. The minimum atomic E-state index is -3.31. The van der Waals surface area contributed by atoms with E-state index >= 15 is 0 Å². The molecule has 0 atom stereocenters. The van der Waals surface area contributed by atoms with Crippen LogP contribution in [-0.2, 0) is 0 Å². The standard InChI is InChI=1S/C8H4F4O3/c9-3-1-2-4(15-8(11)12)5(6(3)10)7(13)14/h1-2,8H,(H,13,14). The van der Waals surface area contributed by atoms with Gasteiger partial charge in [0.05, 0.1) is 0 Å². The Hall–Kier alpha value is -1.79. The summed E-state index contributed by atoms with van der Waals surface area (Å²) in [5.41, 5.74) is -1.25. The number of aromatic carboxylic acids is 1. The van der Waals surface area contributed by atoms with Crippen LogP contribution in [-0.4, -0.2) is 17.7 Å². The zero-order valence-electron chi connectivity index (χ0n) is 7.01. The van der Waals surface area contributed by atoms with Crippen molar-refractivity contribution in [2.24, 2.45) is 0 Å². The molecule has 0 fully saturated rings. The van der Waals surface area contributed by atoms with Crippen molar-refractivity contribution < 1.29 is 32.2 Å². The third-order valence-electron chi connectivity index (χ3n) is 1.49. The van der Waals surface area contributed by atoms with Gasteiger partial charge in [-0.3, -0.25) is 0 Å². The number of hydrogen-bond acceptors (Lipinski definition) is 2. The van der Waals surface area contributed by atoms with E-state index in [-0.39, 0.29) is 0 Å². The maximum Gasteiger partial charge on any atom is 0.387 e. The van der Waals surface area contributed by atoms with Crippen molar-refractivity contribution in [3.8, 4) is 5.75 Å². The van der Waals surface area contributed by atoms with Crippen molar-refractivity contribution in [3.05, 3.63) is 29.3 Å². The molecule has 1 N–H and O–H groups in total. The van der Waals surface area contributed by atoms with Crippen molar-refractivity contribution in [1.29, 1.82) is 0 Å². The van der Waals surface area contributed by atoms with Crippen molar-refractivity contribution >= 4 is 5.97 Å². The number of carboxylic acids is 1. The Morgan fingerprint density at radius 1 is 1.33 bits per heavy atom. The zero-order valence-corrected chi connectivity index (χ0v) is 7.01. The molecule has 0 saturated heterocycles. The van der Waals surface area contributed by atoms with Gasteiger partial charge in [-0.1, -0.05) is 0 Å². The van der Waals surface area contributed by atoms with Crippen LogP contribution in [0.15, 0.2) is 12.1 Å². The minimum absolute atomic E-state index is 0.499. The molecule has 3 nitrogen and oxygen atoms in total. The number of carbonyl (C=O) groups is 1. The minimum Gasteiger partial charge on any atom is -0.477 e. The van der Waals surface area contributed by atoms with Crippen molar-refractivity contribution in [3.63, 3.8) is 0 Å². The molecule has 0 saturated carbocycles. The average Bonchev–Trinajstić information content (AvgIpc) is 2.10. The largest absolute Gasteiger partial charge is 0.477 e. The Kier molecular flexibility index (Phi) is 3.13. The van der Waals surface area contributed by atoms with Crippen LogP contribution in [0.3, 0.4) is 0 Å². The molecule has 0 aliphatic rings. The second-order valence-corrected chi connectivity index (χ2v) is 2.42. The third kappa shape index (κ3) is 2.36. The number of hydrogen-bond donors (Lipinski definition) is 1. The van der Waals surface area contributed by atoms with Gasteiger partial charge in [0.25, 0.3) is 0 Å². The molecular weight excluding hydrogens is 220 g/mol. The number of benzene rings is 1. The molecule has 1 aromatic carbocycles. The monoisotopic (exact) mass is 224 g/mol. The number of carboxylic acid groups (broad SMARTS) is 1. The first kappa shape index (κ1) is 11.3. The molecule has 0 bridgehead atoms. The van der Waals surface area contributed by atoms with Crippen LogP contribution >= 0.6 is 0 Å². The number of rotatable bonds is 3. The molecule has 7 heteroatoms. The second-order valence-electron chi connectivity index (χ2n) is 2.42. The average molecular weight is 224 g/mol. The highest BCUT2D eigenvalue weighted by Crippen LogP contribution is 2.25. The van der Waals surface area contributed by atoms with Crippen LogP contribution in [0.4, 0.5) is 17.6 Å². The van der Waals surface area contributed by atoms with Gasteiger partial charge in [-0.05, 0) is 12.1 Å². The van der Waals surface area contributed by atoms with E-state index in [1.807, 2.05) is 0 Å². The van der Waals surface area contributed by atoms with Crippen molar-refractivity contribution in [2.75, 3.05) is 0 Å². The molecule has 0 aromatic heterocycles. The van der Waals surface area contributed by atoms with Gasteiger partial charge in [-0.25, -0.2) is 13.6 Å². The van der Waals surface area contributed by atoms with E-state index in [1.165, 1.54) is 0 Å². The van der Waals surface area contributed by atoms with Crippen LogP contribution in [0, 0.1) is 11.6 Å². The Bertz CT molecular complexity index is 392. The predicted octanol–water partition coefficient (Wildman–Crippen LogP) is 2.26. The molecule has 0 amide bonds. The highest BCUT2D eigenvalue weighted by atomic mass is 19.3. The molecule has 0 aliphatic heterocycles. The summed E-state index contributed by atoms with van der Waals surface area (Å²) < 4.78 is 52.7. The van der Waals surface area contributed by atoms with Gasteiger partial charge in [-0.2, -0.15) is 8.78 Å². The molecule has 0 spiro atoms. The van der Waals surface area contributed by atoms with Crippen LogP contribution in [0.25, 0.3) is 0 Å². The van der Waals surface area contributed by atoms with E-state index in [0.29, 0.717) is 12.1 Å². The predicted molar refractivity (Wildman–Crippen MR) is 39.9 cm³/mol. The lowest BCUT2D eigenvalue weighted by Gasteiger charge is -2.08. The summed E-state index contributed by atoms with van der Waals surface area (Å²) in [5, 5.41) is 8.45. The molecular formula is C8H4F4O3. The first-order valence-electron chi connectivity index (χ1n) is 3.59. The van der Waals surface area contributed by atoms with Gasteiger partial charge in [0.1, 0.15) is 11.3 Å². The highest BCUT2D eigenvalue weighted by molar-refractivity contribution is 5.91. The van der Waals surface area contributed by atoms with Gasteiger partial charge in [0, 0.05) is 0 Å². The fourth-order valence-electron chi connectivity index (χ4n) is 0.926. The van der Waals surface area contributed by atoms with Gasteiger partial charge in [0.2, 0.25) is 0 Å². The van der Waals surface area contributed by atoms with Gasteiger partial charge >= 0.3 is 12.6 Å². The zero-order chi connectivity index (χ0) is 11.6. The summed E-state index contributed by atoms with van der Waals surface area (Å²) in [7, 11) is 0. The highest BCUT2D eigenvalue weighted by Gasteiger charge is 2.22. The molecule has 1 aromatic rings. The Balaban J connectivity index is 3.27. The maximum absolute atomic E-state index is 12.9. The van der Waals surface area contributed by atoms with Crippen LogP contribution in [0.1, 0.15) is 10.4 Å². The third-order valence-corrected chi connectivity index (χ3v) is 1.49. The lowest BCUT2D eigenvalue weighted by atomic mass is 10.2. The van der Waals surface area contributed by atoms with Crippen molar-refractivity contribution in [1.82, 2.24) is 0 Å². The Labute approximate surface area is 80.9 Å². The van der Waals surface area contributed by atoms with E-state index in [4.69, 9.17) is 5.11 Å². The first-order chi connectivity index (χ1) is 6.93. The van der Waals surface area contributed by atoms with Crippen molar-refractivity contribution in [2.45, 2.75) is 6.61 Å². The second kappa shape index (κ2) is 4.16. The SMILES string of the molecule is O=C(O)c1c(OC(F)F)ccc(F)c1F. The number of ether oxygens (including phenoxy) is 1. The van der Waals surface area contributed by atoms with E-state index in [0.717, 1.165) is 0 Å². The van der Waals surface area contributed by atoms with Crippen LogP contribution in [0.5, 0.6) is 5.75 Å². The Morgan fingerprint density at radius 2 is 1.93 bits per heavy atom. The molecule has 82 valence electrons. The molecule has 15 heavy (non-hydrogen) atoms. The number of halogens is 4. The first-order valence-corrected chi connectivity index (χ1v) is 3.59. The normalized spacial score (nSPS) is 10.5. The van der Waals surface area contributed by atoms with E-state index in [9.17, 15) is 22.4 Å². The summed E-state index contributed by atoms with van der Waals surface area (Å²) in [5.74, 6) is -5.99. The number of alkyl halides is 2. The lowest BCUT2D eigenvalue weighted by Crippen LogP contribution is -2.10. The lowest BCUT2D eigenvalue weighted by molar-refractivity contribution is -0.0505. The Morgan fingerprint density at radius 3 is 2.40 bits per heavy atom. The smallest absolute Gasteiger partial charge is 0.387 e. The van der Waals surface area contributed by atoms with Gasteiger partial charge in [0.15, 0.2) is 11.6 Å². The summed E-state index contributed by atoms with van der Waals surface area (Å²) in [6.07, 6.45) is 0. The summed E-state index contributed by atoms with van der Waals surface area (Å²) in [6.45, 7) is -3.31. The molecule has 0 radical (unpaired) electrons. The fourth-order valence-corrected chi connectivity index (χ4v) is 0.926. The van der Waals surface area contributed by atoms with Gasteiger partial charge in [-0.15, -0.1) is 0 Å². The summed E-state index contributed by atoms with van der Waals surface area (Å²) >= 11 is 0. The summed E-state index contributed by atoms with van der Waals surface area (Å²) in [6, 6.07) is 1.12. The van der Waals surface area contributed by atoms with E-state index < -0.39 is 35.5 Å². The van der Waals surface area contributed by atoms with Crippen LogP contribution in [0.2, 0.25) is 0 Å². The maximum atomic E-state index is 12.9. The molecule has 0 heterocycles. The van der Waals surface area contributed by atoms with E-state index in [1.54, 1.807) is 0 Å². The van der Waals surface area contributed by atoms with Gasteiger partial charge < -0.3 is 9.84 Å². The van der Waals surface area contributed by atoms with E-state index in [2.05, 4.69) is 4.74 Å². The quantitative estimate of drug-likeness (QED) is 0.801.